The van der Waals surface area contributed by atoms with E-state index in [4.69, 9.17) is 9.47 Å². The minimum atomic E-state index is -3.60. The van der Waals surface area contributed by atoms with Gasteiger partial charge in [0.1, 0.15) is 18.5 Å². The quantitative estimate of drug-likeness (QED) is 0.305. The highest BCUT2D eigenvalue weighted by atomic mass is 32.2. The molecule has 2 atom stereocenters. The van der Waals surface area contributed by atoms with Crippen molar-refractivity contribution < 1.29 is 31.4 Å². The van der Waals surface area contributed by atoms with E-state index in [0.717, 1.165) is 17.2 Å². The van der Waals surface area contributed by atoms with Gasteiger partial charge in [0.05, 0.1) is 22.0 Å². The average Bonchev–Trinajstić information content (AvgIpc) is 3.37. The number of hydrogen-bond acceptors (Lipinski definition) is 8. The number of sulfonamides is 2. The van der Waals surface area contributed by atoms with Crippen molar-refractivity contribution >= 4 is 30.8 Å². The lowest BCUT2D eigenvalue weighted by Gasteiger charge is -2.38. The normalized spacial score (nSPS) is 20.4. The summed E-state index contributed by atoms with van der Waals surface area (Å²) in [4.78, 5) is 0.412. The maximum atomic E-state index is 13.3. The van der Waals surface area contributed by atoms with Crippen molar-refractivity contribution in [2.75, 3.05) is 39.4 Å². The molecule has 3 N–H and O–H groups in total. The topological polar surface area (TPSA) is 134 Å². The highest BCUT2D eigenvalue weighted by Gasteiger charge is 2.44. The number of piperidine rings is 1. The summed E-state index contributed by atoms with van der Waals surface area (Å²) in [5, 5.41) is 15.7. The first-order valence-corrected chi connectivity index (χ1v) is 16.8. The molecule has 2 fully saturated rings. The Bertz CT molecular complexity index is 1570. The van der Waals surface area contributed by atoms with Gasteiger partial charge in [-0.3, -0.25) is 0 Å². The molecule has 0 radical (unpaired) electrons. The maximum absolute atomic E-state index is 13.3. The summed E-state index contributed by atoms with van der Waals surface area (Å²) < 4.78 is 66.9. The second-order valence-electron chi connectivity index (χ2n) is 10.7. The standard InChI is InChI=1S/C29H37N3O7S2/c1-2-31-40(34,35)27-9-5-8-26(17-27)38-21-25(33)19-30-24-18-29(39-20-24)12-14-32(15-13-29)41(36,37)28-11-10-22-6-3-4-7-23(22)16-28/h3-11,16-17,24-25,30-31,33H,2,12-15,18-21H2,1H3. The summed E-state index contributed by atoms with van der Waals surface area (Å²) in [6.45, 7) is 3.53. The first kappa shape index (κ1) is 29.9. The molecular weight excluding hydrogens is 566 g/mol. The summed E-state index contributed by atoms with van der Waals surface area (Å²) in [6.07, 6.45) is 1.13. The number of aliphatic hydroxyl groups is 1. The molecule has 2 aliphatic rings. The molecule has 2 saturated heterocycles. The number of ether oxygens (including phenoxy) is 2. The SMILES string of the molecule is CCNS(=O)(=O)c1cccc(OCC(O)CNC2COC3(CCN(S(=O)(=O)c4ccc5ccccc5c4)CC3)C2)c1. The fourth-order valence-electron chi connectivity index (χ4n) is 5.49. The van der Waals surface area contributed by atoms with Gasteiger partial charge in [0, 0.05) is 38.3 Å². The van der Waals surface area contributed by atoms with Crippen LogP contribution in [-0.2, 0) is 24.8 Å². The third-order valence-electron chi connectivity index (χ3n) is 7.74. The van der Waals surface area contributed by atoms with Gasteiger partial charge in [-0.2, -0.15) is 4.31 Å². The zero-order valence-corrected chi connectivity index (χ0v) is 24.7. The summed E-state index contributed by atoms with van der Waals surface area (Å²) in [7, 11) is -7.20. The van der Waals surface area contributed by atoms with Gasteiger partial charge in [-0.1, -0.05) is 43.3 Å². The van der Waals surface area contributed by atoms with Gasteiger partial charge in [-0.05, 0) is 54.3 Å². The van der Waals surface area contributed by atoms with Crippen LogP contribution in [0.5, 0.6) is 5.75 Å². The zero-order chi connectivity index (χ0) is 29.1. The van der Waals surface area contributed by atoms with Crippen molar-refractivity contribution in [1.82, 2.24) is 14.3 Å². The molecule has 10 nitrogen and oxygen atoms in total. The van der Waals surface area contributed by atoms with E-state index in [9.17, 15) is 21.9 Å². The van der Waals surface area contributed by atoms with Gasteiger partial charge in [-0.15, -0.1) is 0 Å². The Labute approximate surface area is 241 Å². The van der Waals surface area contributed by atoms with Crippen LogP contribution in [0.3, 0.4) is 0 Å². The van der Waals surface area contributed by atoms with Gasteiger partial charge in [-0.25, -0.2) is 21.6 Å². The van der Waals surface area contributed by atoms with E-state index in [2.05, 4.69) is 10.0 Å². The second kappa shape index (κ2) is 12.3. The highest BCUT2D eigenvalue weighted by Crippen LogP contribution is 2.37. The van der Waals surface area contributed by atoms with Crippen LogP contribution in [0, 0.1) is 0 Å². The van der Waals surface area contributed by atoms with Crippen molar-refractivity contribution in [3.8, 4) is 5.75 Å². The lowest BCUT2D eigenvalue weighted by atomic mass is 9.88. The van der Waals surface area contributed by atoms with E-state index in [1.165, 1.54) is 12.1 Å². The minimum Gasteiger partial charge on any atom is -0.491 e. The summed E-state index contributed by atoms with van der Waals surface area (Å²) in [5.74, 6) is 0.358. The van der Waals surface area contributed by atoms with Gasteiger partial charge in [0.25, 0.3) is 0 Å². The van der Waals surface area contributed by atoms with Crippen LogP contribution in [-0.4, -0.2) is 83.4 Å². The molecule has 2 unspecified atom stereocenters. The molecule has 3 aromatic rings. The molecule has 2 aliphatic heterocycles. The Hall–Kier alpha value is -2.58. The summed E-state index contributed by atoms with van der Waals surface area (Å²) in [5.41, 5.74) is -0.382. The average molecular weight is 604 g/mol. The molecule has 41 heavy (non-hydrogen) atoms. The molecule has 0 amide bonds. The smallest absolute Gasteiger partial charge is 0.243 e. The lowest BCUT2D eigenvalue weighted by Crippen LogP contribution is -2.47. The van der Waals surface area contributed by atoms with Crippen molar-refractivity contribution in [3.63, 3.8) is 0 Å². The second-order valence-corrected chi connectivity index (χ2v) is 14.4. The molecule has 222 valence electrons. The van der Waals surface area contributed by atoms with Gasteiger partial charge in [0.2, 0.25) is 20.0 Å². The Morgan fingerprint density at radius 1 is 1.00 bits per heavy atom. The van der Waals surface area contributed by atoms with Crippen molar-refractivity contribution in [2.24, 2.45) is 0 Å². The molecule has 2 heterocycles. The van der Waals surface area contributed by atoms with Crippen molar-refractivity contribution in [1.29, 1.82) is 0 Å². The van der Waals surface area contributed by atoms with E-state index in [0.29, 0.717) is 43.2 Å². The molecule has 12 heteroatoms. The lowest BCUT2D eigenvalue weighted by molar-refractivity contribution is -0.0312. The monoisotopic (exact) mass is 603 g/mol. The molecule has 0 aromatic heterocycles. The molecule has 0 aliphatic carbocycles. The van der Waals surface area contributed by atoms with Crippen LogP contribution >= 0.6 is 0 Å². The molecule has 5 rings (SSSR count). The number of nitrogens with zero attached hydrogens (tertiary/aromatic N) is 1. The fourth-order valence-corrected chi connectivity index (χ4v) is 8.05. The highest BCUT2D eigenvalue weighted by molar-refractivity contribution is 7.89. The predicted octanol–water partition coefficient (Wildman–Crippen LogP) is 2.48. The largest absolute Gasteiger partial charge is 0.491 e. The van der Waals surface area contributed by atoms with Crippen LogP contribution in [0.15, 0.2) is 76.5 Å². The number of rotatable bonds is 11. The van der Waals surface area contributed by atoms with E-state index in [-0.39, 0.29) is 36.2 Å². The Balaban J connectivity index is 1.09. The van der Waals surface area contributed by atoms with E-state index in [1.807, 2.05) is 30.3 Å². The molecule has 1 spiro atoms. The summed E-state index contributed by atoms with van der Waals surface area (Å²) >= 11 is 0. The van der Waals surface area contributed by atoms with E-state index < -0.39 is 26.2 Å². The summed E-state index contributed by atoms with van der Waals surface area (Å²) in [6, 6.07) is 19.1. The Morgan fingerprint density at radius 3 is 2.51 bits per heavy atom. The van der Waals surface area contributed by atoms with Crippen LogP contribution in [0.2, 0.25) is 0 Å². The van der Waals surface area contributed by atoms with Gasteiger partial charge in [0.15, 0.2) is 0 Å². The minimum absolute atomic E-state index is 0.00197. The Morgan fingerprint density at radius 2 is 1.76 bits per heavy atom. The van der Waals surface area contributed by atoms with Crippen LogP contribution in [0.1, 0.15) is 26.2 Å². The third kappa shape index (κ3) is 6.91. The molecular formula is C29H37N3O7S2. The van der Waals surface area contributed by atoms with Crippen LogP contribution < -0.4 is 14.8 Å². The number of nitrogens with one attached hydrogen (secondary N) is 2. The van der Waals surface area contributed by atoms with E-state index in [1.54, 1.807) is 35.5 Å². The van der Waals surface area contributed by atoms with Crippen LogP contribution in [0.4, 0.5) is 0 Å². The first-order valence-electron chi connectivity index (χ1n) is 13.9. The predicted molar refractivity (Wildman–Crippen MR) is 156 cm³/mol. The van der Waals surface area contributed by atoms with Gasteiger partial charge < -0.3 is 19.9 Å². The van der Waals surface area contributed by atoms with Crippen molar-refractivity contribution in [3.05, 3.63) is 66.7 Å². The molecule has 0 bridgehead atoms. The zero-order valence-electron chi connectivity index (χ0n) is 23.0. The third-order valence-corrected chi connectivity index (χ3v) is 11.2. The molecule has 3 aromatic carbocycles. The fraction of sp³-hybridized carbons (Fsp3) is 0.448. The van der Waals surface area contributed by atoms with Crippen molar-refractivity contribution in [2.45, 2.75) is 53.7 Å². The van der Waals surface area contributed by atoms with Gasteiger partial charge >= 0.3 is 0 Å². The first-order chi connectivity index (χ1) is 19.6. The van der Waals surface area contributed by atoms with Crippen LogP contribution in [0.25, 0.3) is 10.8 Å². The Kier molecular flexibility index (Phi) is 9.00. The number of aliphatic hydroxyl groups excluding tert-OH is 1. The van der Waals surface area contributed by atoms with E-state index >= 15 is 0 Å². The maximum Gasteiger partial charge on any atom is 0.243 e. The molecule has 0 saturated carbocycles. The number of fused-ring (bicyclic) bond motifs is 1. The number of benzene rings is 3. The number of hydrogen-bond donors (Lipinski definition) is 3.